The second-order valence-electron chi connectivity index (χ2n) is 14.2. The second kappa shape index (κ2) is 13.7. The van der Waals surface area contributed by atoms with Gasteiger partial charge < -0.3 is 19.4 Å². The van der Waals surface area contributed by atoms with Crippen molar-refractivity contribution in [3.8, 4) is 0 Å². The highest BCUT2D eigenvalue weighted by Gasteiger charge is 2.47. The van der Waals surface area contributed by atoms with Crippen LogP contribution in [0.3, 0.4) is 0 Å². The van der Waals surface area contributed by atoms with Gasteiger partial charge >= 0.3 is 6.09 Å². The van der Waals surface area contributed by atoms with Crippen molar-refractivity contribution in [3.05, 3.63) is 23.3 Å². The topological polar surface area (TPSA) is 99.2 Å². The molecule has 3 amide bonds. The molecule has 4 saturated heterocycles. The molecule has 10 heteroatoms. The van der Waals surface area contributed by atoms with Gasteiger partial charge in [0.15, 0.2) is 0 Å². The molecule has 4 aliphatic rings. The first kappa shape index (κ1) is 32.6. The molecule has 5 rings (SSSR count). The molecule has 1 atom stereocenters. The minimum Gasteiger partial charge on any atom is -0.453 e. The molecule has 244 valence electrons. The molecule has 0 saturated carbocycles. The van der Waals surface area contributed by atoms with Gasteiger partial charge in [0.05, 0.1) is 24.1 Å². The molecule has 0 radical (unpaired) electrons. The van der Waals surface area contributed by atoms with Gasteiger partial charge in [-0.2, -0.15) is 0 Å². The minimum atomic E-state index is -0.240. The average molecular weight is 611 g/mol. The van der Waals surface area contributed by atoms with Crippen molar-refractivity contribution in [3.63, 3.8) is 0 Å². The van der Waals surface area contributed by atoms with E-state index < -0.39 is 0 Å². The molecule has 10 nitrogen and oxygen atoms in total. The Morgan fingerprint density at radius 1 is 0.932 bits per heavy atom. The zero-order valence-electron chi connectivity index (χ0n) is 27.8. The second-order valence-corrected chi connectivity index (χ2v) is 14.2. The van der Waals surface area contributed by atoms with E-state index in [4.69, 9.17) is 4.74 Å². The highest BCUT2D eigenvalue weighted by molar-refractivity contribution is 5.96. The number of ether oxygens (including phenoxy) is 1. The average Bonchev–Trinajstić information content (AvgIpc) is 3.02. The summed E-state index contributed by atoms with van der Waals surface area (Å²) >= 11 is 0. The van der Waals surface area contributed by atoms with Gasteiger partial charge in [0, 0.05) is 50.7 Å². The molecule has 0 bridgehead atoms. The Morgan fingerprint density at radius 3 is 2.11 bits per heavy atom. The summed E-state index contributed by atoms with van der Waals surface area (Å²) in [5.74, 6) is 0.841. The summed E-state index contributed by atoms with van der Waals surface area (Å²) in [5, 5.41) is 0. The third-order valence-electron chi connectivity index (χ3n) is 11.7. The van der Waals surface area contributed by atoms with Crippen molar-refractivity contribution >= 4 is 17.9 Å². The van der Waals surface area contributed by atoms with Crippen molar-refractivity contribution in [2.24, 2.45) is 11.3 Å². The fourth-order valence-electron chi connectivity index (χ4n) is 8.52. The van der Waals surface area contributed by atoms with Crippen molar-refractivity contribution in [2.75, 3.05) is 52.9 Å². The van der Waals surface area contributed by atoms with E-state index in [1.165, 1.54) is 13.4 Å². The number of carbonyl (C=O) groups is 3. The zero-order valence-corrected chi connectivity index (χ0v) is 27.8. The number of hydrogen-bond donors (Lipinski definition) is 0. The Labute approximate surface area is 263 Å². The minimum absolute atomic E-state index is 0.0526. The summed E-state index contributed by atoms with van der Waals surface area (Å²) in [6.45, 7) is 14.2. The van der Waals surface area contributed by atoms with Gasteiger partial charge in [0.1, 0.15) is 6.33 Å². The predicted molar refractivity (Wildman–Crippen MR) is 169 cm³/mol. The molecule has 1 unspecified atom stereocenters. The van der Waals surface area contributed by atoms with Crippen LogP contribution in [0.25, 0.3) is 0 Å². The number of rotatable bonds is 7. The van der Waals surface area contributed by atoms with Crippen molar-refractivity contribution in [1.29, 1.82) is 0 Å². The first-order chi connectivity index (χ1) is 21.1. The van der Waals surface area contributed by atoms with Gasteiger partial charge in [-0.05, 0) is 96.6 Å². The molecule has 1 aromatic rings. The predicted octanol–water partition coefficient (Wildman–Crippen LogP) is 4.83. The Balaban J connectivity index is 1.14. The summed E-state index contributed by atoms with van der Waals surface area (Å²) in [4.78, 5) is 56.4. The normalized spacial score (nSPS) is 23.6. The van der Waals surface area contributed by atoms with Crippen molar-refractivity contribution in [1.82, 2.24) is 29.6 Å². The maximum atomic E-state index is 13.8. The lowest BCUT2D eigenvalue weighted by atomic mass is 9.69. The number of methoxy groups -OCH3 is 1. The number of unbranched alkanes of at least 4 members (excludes halogenated alkanes) is 1. The fraction of sp³-hybridized carbons (Fsp3) is 0.794. The zero-order chi connectivity index (χ0) is 31.5. The first-order valence-corrected chi connectivity index (χ1v) is 17.0. The molecular weight excluding hydrogens is 556 g/mol. The van der Waals surface area contributed by atoms with Crippen LogP contribution in [0.2, 0.25) is 0 Å². The molecular formula is C34H54N6O4. The van der Waals surface area contributed by atoms with Crippen molar-refractivity contribution < 1.29 is 19.1 Å². The van der Waals surface area contributed by atoms with Gasteiger partial charge in [0.2, 0.25) is 5.91 Å². The van der Waals surface area contributed by atoms with Crippen LogP contribution in [0, 0.1) is 25.2 Å². The van der Waals surface area contributed by atoms with Gasteiger partial charge in [-0.1, -0.05) is 19.8 Å². The molecule has 44 heavy (non-hydrogen) atoms. The molecule has 1 aromatic heterocycles. The Bertz CT molecular complexity index is 1160. The van der Waals surface area contributed by atoms with Gasteiger partial charge in [0.25, 0.3) is 5.91 Å². The van der Waals surface area contributed by atoms with Crippen LogP contribution in [0.4, 0.5) is 4.79 Å². The Morgan fingerprint density at radius 2 is 1.55 bits per heavy atom. The number of hydrogen-bond acceptors (Lipinski definition) is 7. The summed E-state index contributed by atoms with van der Waals surface area (Å²) in [6, 6.07) is 0.279. The Hall–Kier alpha value is -2.75. The maximum absolute atomic E-state index is 13.8. The SMILES string of the molecule is CCCCC(C1CCN(C(=O)OC)CC1)N1CCC2(CCN(C3(C)CCN(C(=O)c4c(C)ncnc4C)CC3)CC2)CC1=O. The standard InChI is InChI=1S/C34H54N6O4/c1-6-7-8-28(27-9-16-38(17-10-27)32(43)44-5)40-22-15-34(23-29(40)41)13-20-39(21-14-34)33(4)11-18-37(19-12-33)31(42)30-25(2)35-24-36-26(30)3/h24,27-28H,6-23H2,1-5H3. The van der Waals surface area contributed by atoms with E-state index >= 15 is 0 Å². The fourth-order valence-corrected chi connectivity index (χ4v) is 8.52. The number of aryl methyl sites for hydroxylation is 2. The third kappa shape index (κ3) is 6.75. The molecule has 4 aliphatic heterocycles. The van der Waals surface area contributed by atoms with E-state index in [0.29, 0.717) is 36.9 Å². The van der Waals surface area contributed by atoms with Crippen LogP contribution < -0.4 is 0 Å². The van der Waals surface area contributed by atoms with Crippen LogP contribution in [-0.4, -0.2) is 112 Å². The lowest BCUT2D eigenvalue weighted by molar-refractivity contribution is -0.145. The summed E-state index contributed by atoms with van der Waals surface area (Å²) in [7, 11) is 1.45. The Kier molecular flexibility index (Phi) is 10.2. The van der Waals surface area contributed by atoms with Crippen LogP contribution in [-0.2, 0) is 9.53 Å². The molecule has 1 spiro atoms. The summed E-state index contributed by atoms with van der Waals surface area (Å²) < 4.78 is 4.94. The van der Waals surface area contributed by atoms with E-state index in [1.54, 1.807) is 4.90 Å². The number of amides is 3. The highest BCUT2D eigenvalue weighted by Crippen LogP contribution is 2.45. The van der Waals surface area contributed by atoms with E-state index in [2.05, 4.69) is 33.6 Å². The van der Waals surface area contributed by atoms with Crippen LogP contribution in [0.15, 0.2) is 6.33 Å². The van der Waals surface area contributed by atoms with Crippen LogP contribution >= 0.6 is 0 Å². The molecule has 0 aromatic carbocycles. The summed E-state index contributed by atoms with van der Waals surface area (Å²) in [5.41, 5.74) is 2.33. The first-order valence-electron chi connectivity index (χ1n) is 17.0. The smallest absolute Gasteiger partial charge is 0.409 e. The summed E-state index contributed by atoms with van der Waals surface area (Å²) in [6.07, 6.45) is 12.3. The highest BCUT2D eigenvalue weighted by atomic mass is 16.5. The largest absolute Gasteiger partial charge is 0.453 e. The number of nitrogens with zero attached hydrogens (tertiary/aromatic N) is 6. The lowest BCUT2D eigenvalue weighted by Gasteiger charge is -2.54. The molecule has 0 aliphatic carbocycles. The maximum Gasteiger partial charge on any atom is 0.409 e. The monoisotopic (exact) mass is 610 g/mol. The van der Waals surface area contributed by atoms with E-state index in [-0.39, 0.29) is 29.0 Å². The lowest BCUT2D eigenvalue weighted by Crippen LogP contribution is -2.59. The number of piperidine rings is 4. The van der Waals surface area contributed by atoms with Crippen LogP contribution in [0.1, 0.15) is 106 Å². The van der Waals surface area contributed by atoms with Gasteiger partial charge in [-0.25, -0.2) is 14.8 Å². The van der Waals surface area contributed by atoms with Gasteiger partial charge in [-0.15, -0.1) is 0 Å². The number of carbonyl (C=O) groups excluding carboxylic acids is 3. The van der Waals surface area contributed by atoms with Gasteiger partial charge in [-0.3, -0.25) is 14.5 Å². The number of likely N-dealkylation sites (tertiary alicyclic amines) is 4. The third-order valence-corrected chi connectivity index (χ3v) is 11.7. The quantitative estimate of drug-likeness (QED) is 0.436. The van der Waals surface area contributed by atoms with E-state index in [0.717, 1.165) is 108 Å². The van der Waals surface area contributed by atoms with E-state index in [9.17, 15) is 14.4 Å². The van der Waals surface area contributed by atoms with Crippen molar-refractivity contribution in [2.45, 2.75) is 110 Å². The molecule has 4 fully saturated rings. The number of aromatic nitrogens is 2. The van der Waals surface area contributed by atoms with E-state index in [1.807, 2.05) is 18.7 Å². The molecule has 5 heterocycles. The van der Waals surface area contributed by atoms with Crippen LogP contribution in [0.5, 0.6) is 0 Å². The molecule has 0 N–H and O–H groups in total.